The van der Waals surface area contributed by atoms with E-state index in [4.69, 9.17) is 0 Å². The first-order chi connectivity index (χ1) is 6.82. The van der Waals surface area contributed by atoms with E-state index in [0.717, 1.165) is 19.3 Å². The van der Waals surface area contributed by atoms with Crippen LogP contribution in [0.2, 0.25) is 0 Å². The van der Waals surface area contributed by atoms with Gasteiger partial charge < -0.3 is 5.11 Å². The summed E-state index contributed by atoms with van der Waals surface area (Å²) in [5.74, 6) is 0.199. The van der Waals surface area contributed by atoms with Crippen LogP contribution in [0.3, 0.4) is 0 Å². The summed E-state index contributed by atoms with van der Waals surface area (Å²) in [6.07, 6.45) is 2.67. The number of hydrogen-bond acceptors (Lipinski definition) is 2. The quantitative estimate of drug-likeness (QED) is 0.761. The Morgan fingerprint density at radius 3 is 2.47 bits per heavy atom. The van der Waals surface area contributed by atoms with Gasteiger partial charge in [0, 0.05) is 6.04 Å². The molecule has 1 unspecified atom stereocenters. The van der Waals surface area contributed by atoms with Gasteiger partial charge in [0.15, 0.2) is 0 Å². The second-order valence-corrected chi connectivity index (χ2v) is 7.46. The molecule has 15 heavy (non-hydrogen) atoms. The molecule has 0 aromatic carbocycles. The maximum Gasteiger partial charge on any atom is 0.0972 e. The predicted molar refractivity (Wildman–Crippen MR) is 63.8 cm³/mol. The van der Waals surface area contributed by atoms with Gasteiger partial charge in [0.2, 0.25) is 0 Å². The molecule has 0 saturated heterocycles. The number of aliphatic hydroxyl groups is 1. The molecule has 4 heteroatoms. The van der Waals surface area contributed by atoms with Crippen LogP contribution in [0, 0.1) is 5.92 Å². The van der Waals surface area contributed by atoms with Crippen LogP contribution < -0.4 is 4.72 Å². The maximum atomic E-state index is 11.9. The molecule has 0 amide bonds. The predicted octanol–water partition coefficient (Wildman–Crippen LogP) is 1.59. The normalized spacial score (nSPS) is 35.1. The average molecular weight is 233 g/mol. The summed E-state index contributed by atoms with van der Waals surface area (Å²) in [7, 11) is -1.03. The van der Waals surface area contributed by atoms with Crippen LogP contribution in [0.25, 0.3) is 0 Å². The molecule has 0 aliphatic heterocycles. The van der Waals surface area contributed by atoms with Crippen molar-refractivity contribution >= 4 is 11.0 Å². The Morgan fingerprint density at radius 2 is 1.93 bits per heavy atom. The molecule has 0 aromatic heterocycles. The molecule has 0 bridgehead atoms. The topological polar surface area (TPSA) is 49.3 Å². The van der Waals surface area contributed by atoms with Crippen LogP contribution in [0.1, 0.15) is 47.0 Å². The molecule has 1 aliphatic carbocycles. The molecule has 1 rings (SSSR count). The van der Waals surface area contributed by atoms with Gasteiger partial charge >= 0.3 is 0 Å². The molecule has 90 valence electrons. The van der Waals surface area contributed by atoms with E-state index in [-0.39, 0.29) is 22.8 Å². The molecule has 1 saturated carbocycles. The molecule has 0 radical (unpaired) electrons. The summed E-state index contributed by atoms with van der Waals surface area (Å²) < 4.78 is 14.8. The Kier molecular flexibility index (Phi) is 4.32. The minimum Gasteiger partial charge on any atom is -0.393 e. The highest BCUT2D eigenvalue weighted by atomic mass is 32.2. The monoisotopic (exact) mass is 233 g/mol. The molecule has 0 aromatic rings. The molecule has 4 atom stereocenters. The van der Waals surface area contributed by atoms with Gasteiger partial charge in [0.25, 0.3) is 0 Å². The summed E-state index contributed by atoms with van der Waals surface area (Å²) >= 11 is 0. The minimum absolute atomic E-state index is 0.189. The van der Waals surface area contributed by atoms with Crippen LogP contribution in [-0.2, 0) is 11.0 Å². The van der Waals surface area contributed by atoms with E-state index in [1.54, 1.807) is 0 Å². The molecule has 0 spiro atoms. The molecule has 2 N–H and O–H groups in total. The van der Waals surface area contributed by atoms with Crippen LogP contribution >= 0.6 is 0 Å². The van der Waals surface area contributed by atoms with Gasteiger partial charge in [-0.2, -0.15) is 0 Å². The van der Waals surface area contributed by atoms with Crippen molar-refractivity contribution in [2.45, 2.75) is 63.9 Å². The Morgan fingerprint density at radius 1 is 1.33 bits per heavy atom. The van der Waals surface area contributed by atoms with Gasteiger partial charge in [-0.25, -0.2) is 8.93 Å². The minimum atomic E-state index is -1.03. The Hall–Kier alpha value is 0.0700. The van der Waals surface area contributed by atoms with Crippen LogP contribution in [0.4, 0.5) is 0 Å². The SMILES string of the molecule is C[C@H]1[C@@H](O)CCC[C@H]1NS(=O)C(C)(C)C. The fourth-order valence-corrected chi connectivity index (χ4v) is 2.78. The molecule has 1 fully saturated rings. The van der Waals surface area contributed by atoms with Crippen molar-refractivity contribution in [3.05, 3.63) is 0 Å². The fourth-order valence-electron chi connectivity index (χ4n) is 1.82. The second-order valence-electron chi connectivity index (χ2n) is 5.46. The first kappa shape index (κ1) is 13.1. The largest absolute Gasteiger partial charge is 0.393 e. The van der Waals surface area contributed by atoms with Gasteiger partial charge in [0.1, 0.15) is 0 Å². The average Bonchev–Trinajstić information content (AvgIpc) is 2.11. The Labute approximate surface area is 95.2 Å². The second kappa shape index (κ2) is 4.93. The van der Waals surface area contributed by atoms with Crippen molar-refractivity contribution in [3.63, 3.8) is 0 Å². The fraction of sp³-hybridized carbons (Fsp3) is 1.00. The summed E-state index contributed by atoms with van der Waals surface area (Å²) in [5, 5.41) is 9.72. The summed E-state index contributed by atoms with van der Waals surface area (Å²) in [5.41, 5.74) is 0. The molecule has 3 nitrogen and oxygen atoms in total. The Balaban J connectivity index is 2.54. The van der Waals surface area contributed by atoms with Crippen molar-refractivity contribution < 1.29 is 9.32 Å². The van der Waals surface area contributed by atoms with E-state index in [1.807, 2.05) is 27.7 Å². The Bertz CT molecular complexity index is 237. The van der Waals surface area contributed by atoms with E-state index >= 15 is 0 Å². The number of rotatable bonds is 2. The third-order valence-electron chi connectivity index (χ3n) is 3.07. The van der Waals surface area contributed by atoms with Crippen molar-refractivity contribution in [1.29, 1.82) is 0 Å². The van der Waals surface area contributed by atoms with E-state index in [0.29, 0.717) is 0 Å². The van der Waals surface area contributed by atoms with Crippen molar-refractivity contribution in [2.24, 2.45) is 5.92 Å². The third kappa shape index (κ3) is 3.54. The smallest absolute Gasteiger partial charge is 0.0972 e. The summed E-state index contributed by atoms with van der Waals surface area (Å²) in [6, 6.07) is 0.189. The highest BCUT2D eigenvalue weighted by Crippen LogP contribution is 2.25. The van der Waals surface area contributed by atoms with Crippen molar-refractivity contribution in [2.75, 3.05) is 0 Å². The van der Waals surface area contributed by atoms with Gasteiger partial charge in [0.05, 0.1) is 21.8 Å². The van der Waals surface area contributed by atoms with Crippen molar-refractivity contribution in [1.82, 2.24) is 4.72 Å². The van der Waals surface area contributed by atoms with E-state index in [1.165, 1.54) is 0 Å². The first-order valence-electron chi connectivity index (χ1n) is 5.68. The summed E-state index contributed by atoms with van der Waals surface area (Å²) in [6.45, 7) is 7.90. The zero-order chi connectivity index (χ0) is 11.6. The maximum absolute atomic E-state index is 11.9. The molecular formula is C11H23NO2S. The lowest BCUT2D eigenvalue weighted by Crippen LogP contribution is -2.47. The van der Waals surface area contributed by atoms with Crippen molar-refractivity contribution in [3.8, 4) is 0 Å². The number of aliphatic hydroxyl groups excluding tert-OH is 1. The van der Waals surface area contributed by atoms with E-state index < -0.39 is 11.0 Å². The van der Waals surface area contributed by atoms with Gasteiger partial charge in [-0.1, -0.05) is 6.92 Å². The molecule has 1 aliphatic rings. The highest BCUT2D eigenvalue weighted by Gasteiger charge is 2.31. The standard InChI is InChI=1S/C11H23NO2S/c1-8-9(6-5-7-10(8)13)12-15(14)11(2,3)4/h8-10,12-13H,5-7H2,1-4H3/t8-,9-,10+,15?/m1/s1. The third-order valence-corrected chi connectivity index (χ3v) is 4.70. The zero-order valence-electron chi connectivity index (χ0n) is 10.1. The lowest BCUT2D eigenvalue weighted by molar-refractivity contribution is 0.0632. The van der Waals surface area contributed by atoms with Gasteiger partial charge in [-0.3, -0.25) is 0 Å². The summed E-state index contributed by atoms with van der Waals surface area (Å²) in [4.78, 5) is 0. The number of hydrogen-bond donors (Lipinski definition) is 2. The van der Waals surface area contributed by atoms with Gasteiger partial charge in [-0.15, -0.1) is 0 Å². The molecular weight excluding hydrogens is 210 g/mol. The van der Waals surface area contributed by atoms with Gasteiger partial charge in [-0.05, 0) is 46.0 Å². The first-order valence-corrected chi connectivity index (χ1v) is 6.83. The lowest BCUT2D eigenvalue weighted by Gasteiger charge is -2.34. The van der Waals surface area contributed by atoms with Crippen LogP contribution in [0.5, 0.6) is 0 Å². The van der Waals surface area contributed by atoms with Crippen LogP contribution in [0.15, 0.2) is 0 Å². The lowest BCUT2D eigenvalue weighted by atomic mass is 9.84. The van der Waals surface area contributed by atoms with E-state index in [2.05, 4.69) is 4.72 Å². The highest BCUT2D eigenvalue weighted by molar-refractivity contribution is 7.84. The van der Waals surface area contributed by atoms with Crippen LogP contribution in [-0.4, -0.2) is 26.2 Å². The zero-order valence-corrected chi connectivity index (χ0v) is 10.9. The van der Waals surface area contributed by atoms with E-state index in [9.17, 15) is 9.32 Å². The number of nitrogens with one attached hydrogen (secondary N) is 1. The molecule has 0 heterocycles.